The Balaban J connectivity index is 2.00. The summed E-state index contributed by atoms with van der Waals surface area (Å²) < 4.78 is 10.3. The van der Waals surface area contributed by atoms with E-state index in [1.165, 1.54) is 11.3 Å². The van der Waals surface area contributed by atoms with Gasteiger partial charge in [-0.1, -0.05) is 0 Å². The normalized spacial score (nSPS) is 17.7. The summed E-state index contributed by atoms with van der Waals surface area (Å²) in [6.45, 7) is 8.25. The van der Waals surface area contributed by atoms with Crippen LogP contribution in [-0.2, 0) is 38.4 Å². The van der Waals surface area contributed by atoms with Crippen LogP contribution in [0.4, 0.5) is 0 Å². The lowest BCUT2D eigenvalue weighted by atomic mass is 10.1. The van der Waals surface area contributed by atoms with Crippen molar-refractivity contribution in [2.75, 3.05) is 6.61 Å². The zero-order valence-electron chi connectivity index (χ0n) is 13.4. The van der Waals surface area contributed by atoms with Gasteiger partial charge in [-0.3, -0.25) is 14.9 Å². The van der Waals surface area contributed by atoms with Crippen LogP contribution in [0.25, 0.3) is 0 Å². The first-order valence-electron chi connectivity index (χ1n) is 7.38. The molecule has 122 valence electrons. The standard InChI is InChI=1S/C15H22N2O4S/c1-5-20-13(18)7-12-17-9-6-10(16-8-11(9)22-12)14(19)21-15(2,3)4/h10,16H,5-8H2,1-4H3. The summed E-state index contributed by atoms with van der Waals surface area (Å²) in [5.41, 5.74) is 0.370. The van der Waals surface area contributed by atoms with E-state index in [1.807, 2.05) is 20.8 Å². The van der Waals surface area contributed by atoms with Crippen LogP contribution in [0, 0.1) is 0 Å². The van der Waals surface area contributed by atoms with Gasteiger partial charge in [0.1, 0.15) is 16.7 Å². The van der Waals surface area contributed by atoms with E-state index in [2.05, 4.69) is 10.3 Å². The van der Waals surface area contributed by atoms with Crippen molar-refractivity contribution >= 4 is 23.3 Å². The number of carbonyl (C=O) groups is 2. The summed E-state index contributed by atoms with van der Waals surface area (Å²) in [6, 6.07) is -0.385. The number of aromatic nitrogens is 1. The van der Waals surface area contributed by atoms with Gasteiger partial charge >= 0.3 is 11.9 Å². The van der Waals surface area contributed by atoms with Crippen molar-refractivity contribution in [1.82, 2.24) is 10.3 Å². The average Bonchev–Trinajstić information content (AvgIpc) is 2.77. The van der Waals surface area contributed by atoms with Crippen molar-refractivity contribution in [3.63, 3.8) is 0 Å². The summed E-state index contributed by atoms with van der Waals surface area (Å²) in [7, 11) is 0. The van der Waals surface area contributed by atoms with Gasteiger partial charge < -0.3 is 9.47 Å². The zero-order chi connectivity index (χ0) is 16.3. The molecular formula is C15H22N2O4S. The topological polar surface area (TPSA) is 77.5 Å². The van der Waals surface area contributed by atoms with E-state index in [0.29, 0.717) is 19.6 Å². The third-order valence-electron chi connectivity index (χ3n) is 3.02. The van der Waals surface area contributed by atoms with Gasteiger partial charge in [-0.25, -0.2) is 4.98 Å². The monoisotopic (exact) mass is 326 g/mol. The van der Waals surface area contributed by atoms with E-state index in [1.54, 1.807) is 6.92 Å². The molecule has 7 heteroatoms. The number of esters is 2. The summed E-state index contributed by atoms with van der Waals surface area (Å²) in [4.78, 5) is 29.2. The second-order valence-electron chi connectivity index (χ2n) is 6.13. The van der Waals surface area contributed by atoms with Gasteiger partial charge in [-0.15, -0.1) is 11.3 Å². The smallest absolute Gasteiger partial charge is 0.324 e. The van der Waals surface area contributed by atoms with Crippen molar-refractivity contribution in [2.24, 2.45) is 0 Å². The summed E-state index contributed by atoms with van der Waals surface area (Å²) >= 11 is 1.49. The number of thiazole rings is 1. The molecule has 1 aliphatic rings. The fraction of sp³-hybridized carbons (Fsp3) is 0.667. The Bertz CT molecular complexity index is 562. The molecule has 2 rings (SSSR count). The molecule has 0 amide bonds. The van der Waals surface area contributed by atoms with E-state index in [4.69, 9.17) is 9.47 Å². The molecule has 0 aliphatic carbocycles. The van der Waals surface area contributed by atoms with Gasteiger partial charge in [0.25, 0.3) is 0 Å². The minimum absolute atomic E-state index is 0.183. The highest BCUT2D eigenvalue weighted by molar-refractivity contribution is 7.11. The van der Waals surface area contributed by atoms with Crippen molar-refractivity contribution in [2.45, 2.75) is 58.7 Å². The first-order chi connectivity index (χ1) is 10.3. The first kappa shape index (κ1) is 16.9. The Hall–Kier alpha value is -1.47. The van der Waals surface area contributed by atoms with Crippen LogP contribution in [0.15, 0.2) is 0 Å². The highest BCUT2D eigenvalue weighted by Gasteiger charge is 2.30. The lowest BCUT2D eigenvalue weighted by molar-refractivity contribution is -0.157. The summed E-state index contributed by atoms with van der Waals surface area (Å²) in [6.07, 6.45) is 0.673. The Morgan fingerprint density at radius 2 is 2.14 bits per heavy atom. The lowest BCUT2D eigenvalue weighted by Crippen LogP contribution is -2.44. The Kier molecular flexibility index (Phi) is 5.18. The van der Waals surface area contributed by atoms with E-state index in [-0.39, 0.29) is 24.4 Å². The highest BCUT2D eigenvalue weighted by Crippen LogP contribution is 2.25. The van der Waals surface area contributed by atoms with E-state index in [9.17, 15) is 9.59 Å². The Morgan fingerprint density at radius 3 is 2.77 bits per heavy atom. The first-order valence-corrected chi connectivity index (χ1v) is 8.19. The molecule has 1 aromatic rings. The fourth-order valence-corrected chi connectivity index (χ4v) is 3.20. The maximum absolute atomic E-state index is 12.1. The van der Waals surface area contributed by atoms with Crippen LogP contribution < -0.4 is 5.32 Å². The van der Waals surface area contributed by atoms with Crippen LogP contribution in [0.3, 0.4) is 0 Å². The molecule has 0 radical (unpaired) electrons. The molecule has 1 atom stereocenters. The van der Waals surface area contributed by atoms with E-state index in [0.717, 1.165) is 15.6 Å². The second kappa shape index (κ2) is 6.75. The minimum atomic E-state index is -0.504. The summed E-state index contributed by atoms with van der Waals surface area (Å²) in [5.74, 6) is -0.539. The van der Waals surface area contributed by atoms with Crippen LogP contribution in [0.5, 0.6) is 0 Å². The Labute approximate surface area is 134 Å². The molecule has 2 heterocycles. The van der Waals surface area contributed by atoms with Crippen molar-refractivity contribution < 1.29 is 19.1 Å². The predicted molar refractivity (Wildman–Crippen MR) is 82.6 cm³/mol. The van der Waals surface area contributed by atoms with Crippen molar-refractivity contribution in [3.8, 4) is 0 Å². The maximum Gasteiger partial charge on any atom is 0.324 e. The maximum atomic E-state index is 12.1. The minimum Gasteiger partial charge on any atom is -0.466 e. The van der Waals surface area contributed by atoms with Gasteiger partial charge in [0.2, 0.25) is 0 Å². The highest BCUT2D eigenvalue weighted by atomic mass is 32.1. The molecule has 1 aromatic heterocycles. The van der Waals surface area contributed by atoms with Gasteiger partial charge in [0, 0.05) is 17.8 Å². The molecule has 1 aliphatic heterocycles. The quantitative estimate of drug-likeness (QED) is 0.847. The Morgan fingerprint density at radius 1 is 1.41 bits per heavy atom. The van der Waals surface area contributed by atoms with Crippen LogP contribution in [-0.4, -0.2) is 35.2 Å². The number of hydrogen-bond donors (Lipinski definition) is 1. The van der Waals surface area contributed by atoms with Gasteiger partial charge in [0.15, 0.2) is 0 Å². The largest absolute Gasteiger partial charge is 0.466 e. The SMILES string of the molecule is CCOC(=O)Cc1nc2c(s1)CNC(C(=O)OC(C)(C)C)C2. The molecule has 0 saturated carbocycles. The van der Waals surface area contributed by atoms with E-state index < -0.39 is 5.60 Å². The molecule has 0 spiro atoms. The molecule has 0 fully saturated rings. The third-order valence-corrected chi connectivity index (χ3v) is 4.12. The summed E-state index contributed by atoms with van der Waals surface area (Å²) in [5, 5.41) is 3.90. The van der Waals surface area contributed by atoms with Crippen LogP contribution in [0.2, 0.25) is 0 Å². The number of rotatable bonds is 4. The molecule has 6 nitrogen and oxygen atoms in total. The van der Waals surface area contributed by atoms with Crippen molar-refractivity contribution in [1.29, 1.82) is 0 Å². The fourth-order valence-electron chi connectivity index (χ4n) is 2.17. The molecule has 22 heavy (non-hydrogen) atoms. The van der Waals surface area contributed by atoms with Crippen LogP contribution >= 0.6 is 11.3 Å². The number of nitrogens with one attached hydrogen (secondary N) is 1. The second-order valence-corrected chi connectivity index (χ2v) is 7.30. The number of fused-ring (bicyclic) bond motifs is 1. The van der Waals surface area contributed by atoms with E-state index >= 15 is 0 Å². The van der Waals surface area contributed by atoms with Gasteiger partial charge in [-0.05, 0) is 27.7 Å². The number of hydrogen-bond acceptors (Lipinski definition) is 7. The molecule has 0 saturated heterocycles. The lowest BCUT2D eigenvalue weighted by Gasteiger charge is -2.26. The van der Waals surface area contributed by atoms with Gasteiger partial charge in [0.05, 0.1) is 18.7 Å². The van der Waals surface area contributed by atoms with Gasteiger partial charge in [-0.2, -0.15) is 0 Å². The number of carbonyl (C=O) groups excluding carboxylic acids is 2. The molecule has 1 N–H and O–H groups in total. The van der Waals surface area contributed by atoms with Crippen LogP contribution in [0.1, 0.15) is 43.3 Å². The predicted octanol–water partition coefficient (Wildman–Crippen LogP) is 1.60. The number of nitrogens with zero attached hydrogens (tertiary/aromatic N) is 1. The molecule has 0 aromatic carbocycles. The third kappa shape index (κ3) is 4.51. The molecule has 0 bridgehead atoms. The number of ether oxygens (including phenoxy) is 2. The molecular weight excluding hydrogens is 304 g/mol. The zero-order valence-corrected chi connectivity index (χ0v) is 14.2. The average molecular weight is 326 g/mol. The van der Waals surface area contributed by atoms with Crippen molar-refractivity contribution in [3.05, 3.63) is 15.6 Å². The molecule has 1 unspecified atom stereocenters.